The van der Waals surface area contributed by atoms with E-state index in [-0.39, 0.29) is 40.9 Å². The number of fused-ring (bicyclic) bond motifs is 5. The number of hydrogen-bond acceptors (Lipinski definition) is 14. The molecule has 1 heterocycles. The summed E-state index contributed by atoms with van der Waals surface area (Å²) in [6.07, 6.45) is -11.5. The predicted molar refractivity (Wildman–Crippen MR) is 238 cm³/mol. The van der Waals surface area contributed by atoms with Gasteiger partial charge >= 0.3 is 23.9 Å². The van der Waals surface area contributed by atoms with Gasteiger partial charge in [-0.05, 0) is 67.0 Å². The minimum absolute atomic E-state index is 0.0193. The minimum atomic E-state index is -2.50. The van der Waals surface area contributed by atoms with Gasteiger partial charge in [-0.1, -0.05) is 80.6 Å². The average Bonchev–Trinajstić information content (AvgIpc) is 3.31. The topological polar surface area (TPSA) is 221 Å². The first-order valence-corrected chi connectivity index (χ1v) is 22.3. The molecule has 0 aromatic heterocycles. The van der Waals surface area contributed by atoms with Crippen LogP contribution in [0.1, 0.15) is 90.1 Å². The molecule has 4 aromatic rings. The van der Waals surface area contributed by atoms with Gasteiger partial charge in [0.1, 0.15) is 47.7 Å². The van der Waals surface area contributed by atoms with Crippen molar-refractivity contribution in [2.45, 2.75) is 101 Å². The van der Waals surface area contributed by atoms with E-state index in [0.717, 1.165) is 19.1 Å². The van der Waals surface area contributed by atoms with Crippen molar-refractivity contribution in [2.75, 3.05) is 6.61 Å². The van der Waals surface area contributed by atoms with Crippen LogP contribution in [0.25, 0.3) is 0 Å². The maximum absolute atomic E-state index is 15.2. The zero-order chi connectivity index (χ0) is 49.8. The van der Waals surface area contributed by atoms with Gasteiger partial charge in [-0.25, -0.2) is 23.2 Å². The minimum Gasteiger partial charge on any atom is -0.455 e. The normalized spacial score (nSPS) is 29.8. The van der Waals surface area contributed by atoms with Crippen LogP contribution < -0.4 is 5.32 Å². The van der Waals surface area contributed by atoms with Gasteiger partial charge < -0.3 is 44.3 Å². The van der Waals surface area contributed by atoms with Crippen molar-refractivity contribution in [3.63, 3.8) is 0 Å². The molecule has 2 bridgehead atoms. The van der Waals surface area contributed by atoms with Crippen LogP contribution in [0.3, 0.4) is 0 Å². The highest BCUT2D eigenvalue weighted by atomic mass is 19.1. The molecule has 1 amide bonds. The van der Waals surface area contributed by atoms with Gasteiger partial charge in [-0.15, -0.1) is 0 Å². The lowest BCUT2D eigenvalue weighted by molar-refractivity contribution is -0.346. The fourth-order valence-electron chi connectivity index (χ4n) is 10.9. The molecule has 0 radical (unpaired) electrons. The van der Waals surface area contributed by atoms with Gasteiger partial charge in [0, 0.05) is 36.8 Å². The summed E-state index contributed by atoms with van der Waals surface area (Å²) < 4.78 is 59.5. The maximum Gasteiger partial charge on any atom is 0.350 e. The highest BCUT2D eigenvalue weighted by molar-refractivity contribution is 5.96. The first-order valence-electron chi connectivity index (χ1n) is 22.3. The molecule has 17 heteroatoms. The zero-order valence-electron chi connectivity index (χ0n) is 38.2. The number of nitrogens with one attached hydrogen (secondary N) is 1. The molecule has 2 saturated carbocycles. The standard InChI is InChI=1S/C52H51F2NO14/c1-27-35(66-48(63)41(67-47(62)33-22-21-32(53)23-34(33)54)39(29-15-9-6-10-16-29)55-45(60)30-17-11-7-12-18-30)25-52(64)44(68-46(61)31-19-13-8-14-20-31)42-50(5,43(59)40(58)38(27)49(52,3)4)36(57)24-37-51(42,26-65-37)69-28(2)56/h6-23,35-37,39-42,44,57-58,64H,24-26H2,1-5H3,(H,55,60)/t35-,36-,37+,39-,40+,41+,42?,44-,50+,51-,52+/m0/s1. The van der Waals surface area contributed by atoms with E-state index in [0.29, 0.717) is 6.07 Å². The Labute approximate surface area is 395 Å². The first kappa shape index (κ1) is 48.8. The molecule has 4 N–H and O–H groups in total. The Morgan fingerprint density at radius 3 is 2.01 bits per heavy atom. The van der Waals surface area contributed by atoms with Crippen LogP contribution in [0.15, 0.2) is 120 Å². The highest BCUT2D eigenvalue weighted by Gasteiger charge is 2.78. The number of hydrogen-bond donors (Lipinski definition) is 4. The molecule has 3 aliphatic carbocycles. The third-order valence-corrected chi connectivity index (χ3v) is 14.6. The number of rotatable bonds is 11. The van der Waals surface area contributed by atoms with Crippen molar-refractivity contribution < 1.29 is 76.6 Å². The number of ketones is 1. The van der Waals surface area contributed by atoms with Crippen LogP contribution in [0.4, 0.5) is 8.78 Å². The fourth-order valence-corrected chi connectivity index (χ4v) is 10.9. The molecule has 362 valence electrons. The maximum atomic E-state index is 15.2. The number of ether oxygens (including phenoxy) is 5. The number of amides is 1. The molecule has 1 aliphatic heterocycles. The Morgan fingerprint density at radius 1 is 0.826 bits per heavy atom. The zero-order valence-corrected chi connectivity index (χ0v) is 38.2. The largest absolute Gasteiger partial charge is 0.455 e. The number of benzene rings is 4. The van der Waals surface area contributed by atoms with Gasteiger partial charge in [-0.3, -0.25) is 14.4 Å². The summed E-state index contributed by atoms with van der Waals surface area (Å²) in [4.78, 5) is 85.4. The number of aliphatic hydroxyl groups excluding tert-OH is 2. The molecule has 1 saturated heterocycles. The third kappa shape index (κ3) is 8.30. The van der Waals surface area contributed by atoms with Crippen molar-refractivity contribution in [3.05, 3.63) is 154 Å². The number of Topliss-reactive ketones (excluding diaryl/α,β-unsaturated/α-hetero) is 1. The number of esters is 4. The Kier molecular flexibility index (Phi) is 13.0. The van der Waals surface area contributed by atoms with Gasteiger partial charge in [0.25, 0.3) is 5.91 Å². The number of carbonyl (C=O) groups is 6. The van der Waals surface area contributed by atoms with Crippen LogP contribution in [0, 0.1) is 28.4 Å². The monoisotopic (exact) mass is 951 g/mol. The lowest BCUT2D eigenvalue weighted by Crippen LogP contribution is -2.81. The summed E-state index contributed by atoms with van der Waals surface area (Å²) in [5.74, 6) is -10.3. The summed E-state index contributed by atoms with van der Waals surface area (Å²) in [5, 5.41) is 40.8. The fraction of sp³-hybridized carbons (Fsp3) is 0.385. The molecule has 4 aromatic carbocycles. The second-order valence-electron chi connectivity index (χ2n) is 18.8. The second-order valence-corrected chi connectivity index (χ2v) is 18.8. The van der Waals surface area contributed by atoms with Crippen molar-refractivity contribution in [3.8, 4) is 0 Å². The molecule has 3 fully saturated rings. The van der Waals surface area contributed by atoms with Crippen molar-refractivity contribution in [1.29, 1.82) is 0 Å². The molecule has 1 unspecified atom stereocenters. The quantitative estimate of drug-likeness (QED) is 0.0851. The van der Waals surface area contributed by atoms with E-state index in [2.05, 4.69) is 5.32 Å². The van der Waals surface area contributed by atoms with Crippen LogP contribution in [0.5, 0.6) is 0 Å². The van der Waals surface area contributed by atoms with E-state index in [1.54, 1.807) is 54.6 Å². The second kappa shape index (κ2) is 18.3. The summed E-state index contributed by atoms with van der Waals surface area (Å²) in [7, 11) is 0. The molecule has 15 nitrogen and oxygen atoms in total. The number of carbonyl (C=O) groups excluding carboxylic acids is 6. The summed E-state index contributed by atoms with van der Waals surface area (Å²) >= 11 is 0. The van der Waals surface area contributed by atoms with Crippen molar-refractivity contribution in [2.24, 2.45) is 16.7 Å². The van der Waals surface area contributed by atoms with Gasteiger partial charge in [0.15, 0.2) is 11.4 Å². The van der Waals surface area contributed by atoms with E-state index >= 15 is 14.0 Å². The average molecular weight is 952 g/mol. The molecule has 0 spiro atoms. The van der Waals surface area contributed by atoms with E-state index < -0.39 is 130 Å². The Balaban J connectivity index is 1.28. The van der Waals surface area contributed by atoms with Gasteiger partial charge in [0.05, 0.1) is 35.2 Å². The molecule has 4 aliphatic rings. The summed E-state index contributed by atoms with van der Waals surface area (Å²) in [5.41, 5.74) is -8.73. The Hall–Kier alpha value is -6.66. The van der Waals surface area contributed by atoms with Crippen LogP contribution >= 0.6 is 0 Å². The van der Waals surface area contributed by atoms with Gasteiger partial charge in [0.2, 0.25) is 6.10 Å². The van der Waals surface area contributed by atoms with Crippen LogP contribution in [-0.2, 0) is 38.1 Å². The van der Waals surface area contributed by atoms with Gasteiger partial charge in [-0.2, -0.15) is 0 Å². The Morgan fingerprint density at radius 2 is 1.43 bits per heavy atom. The van der Waals surface area contributed by atoms with E-state index in [1.165, 1.54) is 64.1 Å². The Bertz CT molecular complexity index is 2720. The van der Waals surface area contributed by atoms with E-state index in [4.69, 9.17) is 23.7 Å². The number of aliphatic hydroxyl groups is 3. The highest BCUT2D eigenvalue weighted by Crippen LogP contribution is 2.64. The number of halogens is 2. The molecular formula is C52H51F2NO14. The van der Waals surface area contributed by atoms with Crippen LogP contribution in [-0.4, -0.2) is 105 Å². The lowest BCUT2D eigenvalue weighted by Gasteiger charge is -2.67. The molecular weight excluding hydrogens is 901 g/mol. The molecule has 69 heavy (non-hydrogen) atoms. The SMILES string of the molecule is CC(=O)O[C@@]12CO[C@@H]1C[C@H](O)[C@@]1(C)C(=O)[C@H](O)C3=C(C)[C@@H](OC(=O)[C@H](OC(=O)c4ccc(F)cc4F)[C@@H](NC(=O)c4ccccc4)c4ccccc4)C[C@@](O)([C@@H](OC(=O)c4ccccc4)C12)C3(C)C. The smallest absolute Gasteiger partial charge is 0.350 e. The lowest BCUT2D eigenvalue weighted by atomic mass is 9.44. The van der Waals surface area contributed by atoms with Crippen LogP contribution in [0.2, 0.25) is 0 Å². The van der Waals surface area contributed by atoms with Crippen molar-refractivity contribution >= 4 is 35.6 Å². The third-order valence-electron chi connectivity index (χ3n) is 14.6. The predicted octanol–water partition coefficient (Wildman–Crippen LogP) is 5.31. The molecule has 8 rings (SSSR count). The summed E-state index contributed by atoms with van der Waals surface area (Å²) in [6, 6.07) is 23.8. The van der Waals surface area contributed by atoms with E-state index in [9.17, 15) is 38.9 Å². The van der Waals surface area contributed by atoms with Crippen molar-refractivity contribution in [1.82, 2.24) is 5.32 Å². The van der Waals surface area contributed by atoms with E-state index in [1.807, 2.05) is 0 Å². The first-order chi connectivity index (χ1) is 32.6. The summed E-state index contributed by atoms with van der Waals surface area (Å²) in [6.45, 7) is 6.52. The molecule has 11 atom stereocenters.